The van der Waals surface area contributed by atoms with E-state index in [4.69, 9.17) is 4.74 Å². The molecular formula is C27H37N3O4. The molecule has 2 unspecified atom stereocenters. The number of carbonyl (C=O) groups is 3. The zero-order chi connectivity index (χ0) is 24.8. The normalized spacial score (nSPS) is 12.5. The maximum Gasteiger partial charge on any atom is 0.407 e. The number of hydrogen-bond acceptors (Lipinski definition) is 4. The summed E-state index contributed by atoms with van der Waals surface area (Å²) < 4.78 is 5.30. The fourth-order valence-electron chi connectivity index (χ4n) is 3.62. The molecule has 7 nitrogen and oxygen atoms in total. The van der Waals surface area contributed by atoms with Gasteiger partial charge in [-0.25, -0.2) is 4.79 Å². The second-order valence-corrected chi connectivity index (χ2v) is 8.79. The van der Waals surface area contributed by atoms with Crippen LogP contribution in [0, 0.1) is 5.92 Å². The van der Waals surface area contributed by atoms with Crippen LogP contribution in [0.5, 0.6) is 0 Å². The molecule has 0 aliphatic rings. The number of carbonyl (C=O) groups excluding carboxylic acids is 3. The molecule has 0 radical (unpaired) electrons. The number of benzene rings is 2. The lowest BCUT2D eigenvalue weighted by Crippen LogP contribution is -2.48. The summed E-state index contributed by atoms with van der Waals surface area (Å²) in [5.74, 6) is -0.211. The first-order valence-corrected chi connectivity index (χ1v) is 12.0. The van der Waals surface area contributed by atoms with Gasteiger partial charge in [0.2, 0.25) is 11.8 Å². The van der Waals surface area contributed by atoms with Crippen molar-refractivity contribution >= 4 is 17.9 Å². The first-order chi connectivity index (χ1) is 16.4. The monoisotopic (exact) mass is 467 g/mol. The molecule has 184 valence electrons. The average molecular weight is 468 g/mol. The van der Waals surface area contributed by atoms with Crippen LogP contribution in [0.1, 0.15) is 51.2 Å². The lowest BCUT2D eigenvalue weighted by Gasteiger charge is -2.22. The van der Waals surface area contributed by atoms with Gasteiger partial charge in [0, 0.05) is 19.0 Å². The predicted octanol–water partition coefficient (Wildman–Crippen LogP) is 3.97. The van der Waals surface area contributed by atoms with E-state index in [1.54, 1.807) is 0 Å². The van der Waals surface area contributed by atoms with Gasteiger partial charge in [-0.1, -0.05) is 81.4 Å². The fraction of sp³-hybridized carbons (Fsp3) is 0.444. The molecular weight excluding hydrogens is 430 g/mol. The molecule has 2 rings (SSSR count). The third-order valence-electron chi connectivity index (χ3n) is 5.34. The van der Waals surface area contributed by atoms with Crippen LogP contribution in [0.2, 0.25) is 0 Å². The van der Waals surface area contributed by atoms with Gasteiger partial charge in [-0.15, -0.1) is 0 Å². The summed E-state index contributed by atoms with van der Waals surface area (Å²) in [5.41, 5.74) is 2.03. The highest BCUT2D eigenvalue weighted by Crippen LogP contribution is 2.10. The minimum atomic E-state index is -0.618. The maximum atomic E-state index is 12.7. The Balaban J connectivity index is 1.81. The summed E-state index contributed by atoms with van der Waals surface area (Å²) >= 11 is 0. The van der Waals surface area contributed by atoms with Gasteiger partial charge in [-0.3, -0.25) is 9.59 Å². The summed E-state index contributed by atoms with van der Waals surface area (Å²) in [6, 6.07) is 18.3. The van der Waals surface area contributed by atoms with Gasteiger partial charge >= 0.3 is 6.09 Å². The van der Waals surface area contributed by atoms with Gasteiger partial charge in [0.05, 0.1) is 0 Å². The number of amides is 3. The molecule has 0 spiro atoms. The molecule has 0 aliphatic carbocycles. The van der Waals surface area contributed by atoms with Crippen molar-refractivity contribution in [1.82, 2.24) is 16.0 Å². The van der Waals surface area contributed by atoms with Crippen LogP contribution in [0.3, 0.4) is 0 Å². The van der Waals surface area contributed by atoms with Gasteiger partial charge in [-0.05, 0) is 36.3 Å². The lowest BCUT2D eigenvalue weighted by molar-refractivity contribution is -0.129. The Bertz CT molecular complexity index is 887. The summed E-state index contributed by atoms with van der Waals surface area (Å²) in [5, 5.41) is 8.50. The molecule has 2 atom stereocenters. The van der Waals surface area contributed by atoms with E-state index in [9.17, 15) is 14.4 Å². The minimum absolute atomic E-state index is 0.0758. The molecule has 0 aliphatic heterocycles. The average Bonchev–Trinajstić information content (AvgIpc) is 2.82. The van der Waals surface area contributed by atoms with E-state index in [1.807, 2.05) is 81.4 Å². The third-order valence-corrected chi connectivity index (χ3v) is 5.34. The van der Waals surface area contributed by atoms with Gasteiger partial charge in [0.1, 0.15) is 12.6 Å². The van der Waals surface area contributed by atoms with Crippen molar-refractivity contribution in [2.45, 2.75) is 65.1 Å². The van der Waals surface area contributed by atoms with E-state index >= 15 is 0 Å². The van der Waals surface area contributed by atoms with Crippen molar-refractivity contribution in [3.05, 3.63) is 71.8 Å². The molecule has 0 heterocycles. The van der Waals surface area contributed by atoms with Crippen LogP contribution in [0.4, 0.5) is 4.79 Å². The smallest absolute Gasteiger partial charge is 0.407 e. The molecule has 0 saturated heterocycles. The summed E-state index contributed by atoms with van der Waals surface area (Å²) in [4.78, 5) is 37.5. The van der Waals surface area contributed by atoms with E-state index in [0.29, 0.717) is 19.4 Å². The van der Waals surface area contributed by atoms with Crippen LogP contribution < -0.4 is 16.0 Å². The standard InChI is InChI=1S/C27H37N3O4/c1-4-24(26(32)28-16-15-21-11-7-5-8-12-21)30-25(31)18-23(17-20(2)3)29-27(33)34-19-22-13-9-6-10-14-22/h5-14,20,23-24H,4,15-19H2,1-3H3,(H,28,32)(H,29,33)(H,30,31). The molecule has 2 aromatic carbocycles. The fourth-order valence-corrected chi connectivity index (χ4v) is 3.62. The van der Waals surface area contributed by atoms with Crippen molar-refractivity contribution < 1.29 is 19.1 Å². The maximum absolute atomic E-state index is 12.7. The highest BCUT2D eigenvalue weighted by Gasteiger charge is 2.23. The van der Waals surface area contributed by atoms with Crippen molar-refractivity contribution in [2.24, 2.45) is 5.92 Å². The molecule has 2 aromatic rings. The van der Waals surface area contributed by atoms with Gasteiger partial charge in [-0.2, -0.15) is 0 Å². The summed E-state index contributed by atoms with van der Waals surface area (Å²) in [7, 11) is 0. The predicted molar refractivity (Wildman–Crippen MR) is 133 cm³/mol. The van der Waals surface area contributed by atoms with E-state index < -0.39 is 12.1 Å². The van der Waals surface area contributed by atoms with Crippen LogP contribution in [-0.4, -0.2) is 36.5 Å². The molecule has 0 aromatic heterocycles. The van der Waals surface area contributed by atoms with Crippen LogP contribution in [-0.2, 0) is 27.4 Å². The number of rotatable bonds is 13. The molecule has 3 amide bonds. The van der Waals surface area contributed by atoms with Crippen LogP contribution in [0.25, 0.3) is 0 Å². The minimum Gasteiger partial charge on any atom is -0.445 e. The topological polar surface area (TPSA) is 96.5 Å². The summed E-state index contributed by atoms with van der Waals surface area (Å²) in [6.45, 7) is 6.56. The summed E-state index contributed by atoms with van der Waals surface area (Å²) in [6.07, 6.45) is 1.33. The Hall–Kier alpha value is -3.35. The Morgan fingerprint density at radius 3 is 2.09 bits per heavy atom. The first-order valence-electron chi connectivity index (χ1n) is 12.0. The second-order valence-electron chi connectivity index (χ2n) is 8.79. The van der Waals surface area contributed by atoms with Crippen molar-refractivity contribution in [3.8, 4) is 0 Å². The lowest BCUT2D eigenvalue weighted by atomic mass is 10.0. The molecule has 34 heavy (non-hydrogen) atoms. The quantitative estimate of drug-likeness (QED) is 0.415. The Morgan fingerprint density at radius 1 is 0.882 bits per heavy atom. The second kappa shape index (κ2) is 14.7. The van der Waals surface area contributed by atoms with Crippen LogP contribution >= 0.6 is 0 Å². The third kappa shape index (κ3) is 10.5. The number of hydrogen-bond donors (Lipinski definition) is 3. The van der Waals surface area contributed by atoms with Crippen molar-refractivity contribution in [2.75, 3.05) is 6.54 Å². The number of ether oxygens (including phenoxy) is 1. The van der Waals surface area contributed by atoms with E-state index in [-0.39, 0.29) is 36.8 Å². The zero-order valence-corrected chi connectivity index (χ0v) is 20.4. The largest absolute Gasteiger partial charge is 0.445 e. The van der Waals surface area contributed by atoms with Gasteiger partial charge in [0.15, 0.2) is 0 Å². The highest BCUT2D eigenvalue weighted by atomic mass is 16.5. The Labute approximate surface area is 202 Å². The van der Waals surface area contributed by atoms with Gasteiger partial charge < -0.3 is 20.7 Å². The van der Waals surface area contributed by atoms with E-state index in [0.717, 1.165) is 17.5 Å². The van der Waals surface area contributed by atoms with Crippen molar-refractivity contribution in [1.29, 1.82) is 0 Å². The van der Waals surface area contributed by atoms with Gasteiger partial charge in [0.25, 0.3) is 0 Å². The number of nitrogens with one attached hydrogen (secondary N) is 3. The van der Waals surface area contributed by atoms with Crippen LogP contribution in [0.15, 0.2) is 60.7 Å². The molecule has 3 N–H and O–H groups in total. The first kappa shape index (κ1) is 26.9. The van der Waals surface area contributed by atoms with E-state index in [1.165, 1.54) is 0 Å². The Morgan fingerprint density at radius 2 is 1.50 bits per heavy atom. The van der Waals surface area contributed by atoms with Crippen molar-refractivity contribution in [3.63, 3.8) is 0 Å². The molecule has 0 saturated carbocycles. The molecule has 0 bridgehead atoms. The van der Waals surface area contributed by atoms with E-state index in [2.05, 4.69) is 16.0 Å². The number of alkyl carbamates (subject to hydrolysis) is 1. The molecule has 7 heteroatoms. The molecule has 0 fully saturated rings. The zero-order valence-electron chi connectivity index (χ0n) is 20.4. The SMILES string of the molecule is CCC(NC(=O)CC(CC(C)C)NC(=O)OCc1ccccc1)C(=O)NCCc1ccccc1. The highest BCUT2D eigenvalue weighted by molar-refractivity contribution is 5.87. The Kier molecular flexibility index (Phi) is 11.7.